The van der Waals surface area contributed by atoms with E-state index in [9.17, 15) is 9.59 Å². The van der Waals surface area contributed by atoms with E-state index >= 15 is 0 Å². The lowest BCUT2D eigenvalue weighted by atomic mass is 10.1. The van der Waals surface area contributed by atoms with Crippen molar-refractivity contribution < 1.29 is 14.7 Å². The van der Waals surface area contributed by atoms with Gasteiger partial charge in [0, 0.05) is 34.6 Å². The van der Waals surface area contributed by atoms with E-state index in [2.05, 4.69) is 5.32 Å². The van der Waals surface area contributed by atoms with Gasteiger partial charge in [-0.25, -0.2) is 4.79 Å². The van der Waals surface area contributed by atoms with Crippen LogP contribution in [0.3, 0.4) is 0 Å². The van der Waals surface area contributed by atoms with Crippen molar-refractivity contribution >= 4 is 35.4 Å². The average Bonchev–Trinajstić information content (AvgIpc) is 2.46. The number of hydrogen-bond donors (Lipinski definition) is 2. The fraction of sp³-hybridized carbons (Fsp3) is 0.385. The summed E-state index contributed by atoms with van der Waals surface area (Å²) < 4.78 is 0. The second-order valence-corrected chi connectivity index (χ2v) is 6.72. The zero-order valence-corrected chi connectivity index (χ0v) is 11.9. The number of aromatic carboxylic acids is 1. The van der Waals surface area contributed by atoms with Crippen LogP contribution in [0.15, 0.2) is 24.3 Å². The number of thioether (sulfide) groups is 2. The molecule has 0 aromatic heterocycles. The first-order chi connectivity index (χ1) is 9.16. The molecule has 0 aliphatic carbocycles. The highest BCUT2D eigenvalue weighted by molar-refractivity contribution is 8.06. The van der Waals surface area contributed by atoms with E-state index in [1.165, 1.54) is 17.9 Å². The molecule has 1 unspecified atom stereocenters. The zero-order valence-electron chi connectivity index (χ0n) is 10.3. The van der Waals surface area contributed by atoms with Gasteiger partial charge in [0.2, 0.25) is 0 Å². The first-order valence-corrected chi connectivity index (χ1v) is 8.18. The minimum absolute atomic E-state index is 0.145. The Morgan fingerprint density at radius 3 is 2.47 bits per heavy atom. The van der Waals surface area contributed by atoms with E-state index in [1.807, 2.05) is 23.5 Å². The number of rotatable bonds is 4. The summed E-state index contributed by atoms with van der Waals surface area (Å²) in [6, 6.07) is 5.98. The van der Waals surface area contributed by atoms with Crippen LogP contribution in [0.2, 0.25) is 0 Å². The van der Waals surface area contributed by atoms with Crippen molar-refractivity contribution in [1.82, 2.24) is 5.32 Å². The van der Waals surface area contributed by atoms with Crippen LogP contribution in [0, 0.1) is 0 Å². The molecule has 1 saturated heterocycles. The fourth-order valence-corrected chi connectivity index (χ4v) is 4.34. The number of benzene rings is 1. The van der Waals surface area contributed by atoms with Gasteiger partial charge in [-0.05, 0) is 24.3 Å². The van der Waals surface area contributed by atoms with Gasteiger partial charge >= 0.3 is 5.97 Å². The second-order valence-electron chi connectivity index (χ2n) is 4.16. The van der Waals surface area contributed by atoms with Crippen LogP contribution >= 0.6 is 23.5 Å². The molecule has 1 heterocycles. The Balaban J connectivity index is 1.86. The van der Waals surface area contributed by atoms with Gasteiger partial charge in [0.25, 0.3) is 5.91 Å². The van der Waals surface area contributed by atoms with Crippen molar-refractivity contribution in [3.8, 4) is 0 Å². The summed E-state index contributed by atoms with van der Waals surface area (Å²) in [4.78, 5) is 22.6. The van der Waals surface area contributed by atoms with Gasteiger partial charge in [0.1, 0.15) is 0 Å². The molecule has 1 aliphatic heterocycles. The van der Waals surface area contributed by atoms with E-state index in [4.69, 9.17) is 5.11 Å². The van der Waals surface area contributed by atoms with Crippen LogP contribution in [0.5, 0.6) is 0 Å². The summed E-state index contributed by atoms with van der Waals surface area (Å²) in [5, 5.41) is 12.2. The number of amides is 1. The molecule has 1 aliphatic rings. The predicted octanol–water partition coefficient (Wildman–Crippen LogP) is 1.96. The number of carbonyl (C=O) groups excluding carboxylic acids is 1. The number of hydrogen-bond acceptors (Lipinski definition) is 4. The second kappa shape index (κ2) is 6.86. The minimum Gasteiger partial charge on any atom is -0.478 e. The highest BCUT2D eigenvalue weighted by atomic mass is 32.2. The maximum Gasteiger partial charge on any atom is 0.335 e. The van der Waals surface area contributed by atoms with Crippen molar-refractivity contribution in [1.29, 1.82) is 0 Å². The molecular formula is C13H15NO3S2. The van der Waals surface area contributed by atoms with Gasteiger partial charge in [-0.3, -0.25) is 4.79 Å². The van der Waals surface area contributed by atoms with E-state index in [-0.39, 0.29) is 11.5 Å². The Labute approximate surface area is 120 Å². The van der Waals surface area contributed by atoms with E-state index in [0.29, 0.717) is 17.4 Å². The summed E-state index contributed by atoms with van der Waals surface area (Å²) in [6.45, 7) is 0.664. The normalized spacial score (nSPS) is 18.8. The standard InChI is InChI=1S/C13H15NO3S2/c15-12(14-7-11-8-18-5-6-19-11)9-1-3-10(4-2-9)13(16)17/h1-4,11H,5-8H2,(H,14,15)(H,16,17). The lowest BCUT2D eigenvalue weighted by molar-refractivity contribution is 0.0696. The largest absolute Gasteiger partial charge is 0.478 e. The Morgan fingerprint density at radius 2 is 1.89 bits per heavy atom. The third-order valence-corrected chi connectivity index (χ3v) is 5.61. The SMILES string of the molecule is O=C(O)c1ccc(C(=O)NCC2CSCCS2)cc1. The number of carbonyl (C=O) groups is 2. The van der Waals surface area contributed by atoms with E-state index < -0.39 is 5.97 Å². The molecular weight excluding hydrogens is 282 g/mol. The van der Waals surface area contributed by atoms with Gasteiger partial charge < -0.3 is 10.4 Å². The summed E-state index contributed by atoms with van der Waals surface area (Å²) >= 11 is 3.81. The summed E-state index contributed by atoms with van der Waals surface area (Å²) in [5.74, 6) is 2.27. The van der Waals surface area contributed by atoms with Gasteiger partial charge in [-0.1, -0.05) is 0 Å². The van der Waals surface area contributed by atoms with Gasteiger partial charge in [-0.2, -0.15) is 23.5 Å². The Kier molecular flexibility index (Phi) is 5.15. The fourth-order valence-electron chi connectivity index (χ4n) is 1.73. The van der Waals surface area contributed by atoms with Crippen LogP contribution in [-0.4, -0.2) is 46.0 Å². The summed E-state index contributed by atoms with van der Waals surface area (Å²) in [5.41, 5.74) is 0.689. The highest BCUT2D eigenvalue weighted by Gasteiger charge is 2.15. The quantitative estimate of drug-likeness (QED) is 0.889. The van der Waals surface area contributed by atoms with E-state index in [1.54, 1.807) is 12.1 Å². The third kappa shape index (κ3) is 4.18. The maximum absolute atomic E-state index is 11.9. The summed E-state index contributed by atoms with van der Waals surface area (Å²) in [6.07, 6.45) is 0. The van der Waals surface area contributed by atoms with Crippen molar-refractivity contribution in [2.45, 2.75) is 5.25 Å². The molecule has 1 atom stereocenters. The van der Waals surface area contributed by atoms with Crippen LogP contribution < -0.4 is 5.32 Å². The van der Waals surface area contributed by atoms with Crippen molar-refractivity contribution in [3.05, 3.63) is 35.4 Å². The number of carboxylic acid groups (broad SMARTS) is 1. The van der Waals surface area contributed by atoms with Gasteiger partial charge in [0.15, 0.2) is 0 Å². The van der Waals surface area contributed by atoms with Gasteiger partial charge in [0.05, 0.1) is 5.56 Å². The number of carboxylic acids is 1. The minimum atomic E-state index is -0.984. The molecule has 4 nitrogen and oxygen atoms in total. The molecule has 0 bridgehead atoms. The van der Waals surface area contributed by atoms with Crippen LogP contribution in [-0.2, 0) is 0 Å². The van der Waals surface area contributed by atoms with Crippen molar-refractivity contribution in [2.24, 2.45) is 0 Å². The maximum atomic E-state index is 11.9. The topological polar surface area (TPSA) is 66.4 Å². The molecule has 0 radical (unpaired) electrons. The lowest BCUT2D eigenvalue weighted by Crippen LogP contribution is -2.33. The molecule has 1 aromatic rings. The molecule has 19 heavy (non-hydrogen) atoms. The smallest absolute Gasteiger partial charge is 0.335 e. The Morgan fingerprint density at radius 1 is 1.21 bits per heavy atom. The third-order valence-electron chi connectivity index (χ3n) is 2.77. The molecule has 0 spiro atoms. The molecule has 1 fully saturated rings. The average molecular weight is 297 g/mol. The predicted molar refractivity (Wildman–Crippen MR) is 79.3 cm³/mol. The Bertz CT molecular complexity index is 455. The first-order valence-electron chi connectivity index (χ1n) is 5.97. The van der Waals surface area contributed by atoms with Crippen LogP contribution in [0.1, 0.15) is 20.7 Å². The molecule has 0 saturated carbocycles. The lowest BCUT2D eigenvalue weighted by Gasteiger charge is -2.21. The molecule has 2 rings (SSSR count). The first kappa shape index (κ1) is 14.3. The summed E-state index contributed by atoms with van der Waals surface area (Å²) in [7, 11) is 0. The highest BCUT2D eigenvalue weighted by Crippen LogP contribution is 2.23. The monoisotopic (exact) mass is 297 g/mol. The zero-order chi connectivity index (χ0) is 13.7. The molecule has 102 valence electrons. The van der Waals surface area contributed by atoms with Crippen LogP contribution in [0.25, 0.3) is 0 Å². The van der Waals surface area contributed by atoms with E-state index in [0.717, 1.165) is 11.5 Å². The molecule has 1 amide bonds. The number of nitrogens with one attached hydrogen (secondary N) is 1. The molecule has 2 N–H and O–H groups in total. The Hall–Kier alpha value is -1.14. The van der Waals surface area contributed by atoms with Crippen molar-refractivity contribution in [3.63, 3.8) is 0 Å². The van der Waals surface area contributed by atoms with Gasteiger partial charge in [-0.15, -0.1) is 0 Å². The van der Waals surface area contributed by atoms with Crippen LogP contribution in [0.4, 0.5) is 0 Å². The molecule has 1 aromatic carbocycles. The molecule has 6 heteroatoms. The van der Waals surface area contributed by atoms with Crippen molar-refractivity contribution in [2.75, 3.05) is 23.8 Å².